The first-order valence-electron chi connectivity index (χ1n) is 5.60. The molecule has 0 saturated carbocycles. The van der Waals surface area contributed by atoms with Crippen LogP contribution in [-0.4, -0.2) is 9.38 Å². The first-order valence-corrected chi connectivity index (χ1v) is 6.48. The smallest absolute Gasteiger partial charge is 0.193 e. The van der Waals surface area contributed by atoms with Crippen molar-refractivity contribution in [3.05, 3.63) is 47.2 Å². The second kappa shape index (κ2) is 4.63. The van der Waals surface area contributed by atoms with Crippen molar-refractivity contribution in [2.24, 2.45) is 0 Å². The molecule has 0 aliphatic heterocycles. The van der Waals surface area contributed by atoms with E-state index in [0.29, 0.717) is 23.6 Å². The van der Waals surface area contributed by atoms with Gasteiger partial charge in [0.05, 0.1) is 11.3 Å². The molecule has 3 rings (SSSR count). The number of aromatic nitrogens is 2. The summed E-state index contributed by atoms with van der Waals surface area (Å²) >= 11 is 1.57. The highest BCUT2D eigenvalue weighted by Crippen LogP contribution is 2.21. The van der Waals surface area contributed by atoms with Crippen molar-refractivity contribution in [2.75, 3.05) is 5.73 Å². The number of imidazole rings is 1. The largest absolute Gasteiger partial charge is 0.486 e. The Kier molecular flexibility index (Phi) is 2.82. The average Bonchev–Trinajstić information content (AvgIpc) is 2.97. The lowest BCUT2D eigenvalue weighted by Gasteiger charge is -2.06. The van der Waals surface area contributed by atoms with Gasteiger partial charge in [0.2, 0.25) is 0 Å². The third-order valence-corrected chi connectivity index (χ3v) is 3.41. The number of thiazole rings is 1. The number of nitrogens with two attached hydrogens (primary N) is 1. The van der Waals surface area contributed by atoms with Gasteiger partial charge in [0.1, 0.15) is 18.4 Å². The molecule has 0 spiro atoms. The predicted molar refractivity (Wildman–Crippen MR) is 73.0 cm³/mol. The Bertz CT molecular complexity index is 740. The van der Waals surface area contributed by atoms with Crippen LogP contribution in [0.25, 0.3) is 4.96 Å². The number of hydrogen-bond acceptors (Lipinski definition) is 5. The highest BCUT2D eigenvalue weighted by molar-refractivity contribution is 7.15. The highest BCUT2D eigenvalue weighted by atomic mass is 32.1. The number of benzene rings is 1. The fraction of sp³-hybridized carbons (Fsp3) is 0.0769. The topological polar surface area (TPSA) is 76.3 Å². The summed E-state index contributed by atoms with van der Waals surface area (Å²) < 4.78 is 7.56. The quantitative estimate of drug-likeness (QED) is 0.741. The first kappa shape index (κ1) is 11.6. The molecular formula is C13H10N4OS. The number of hydrogen-bond donors (Lipinski definition) is 1. The van der Waals surface area contributed by atoms with Crippen LogP contribution in [0.1, 0.15) is 11.3 Å². The molecule has 0 atom stereocenters. The van der Waals surface area contributed by atoms with E-state index >= 15 is 0 Å². The molecule has 0 fully saturated rings. The van der Waals surface area contributed by atoms with E-state index in [0.717, 1.165) is 10.7 Å². The van der Waals surface area contributed by atoms with Crippen LogP contribution in [0, 0.1) is 11.3 Å². The number of anilines is 1. The second-order valence-electron chi connectivity index (χ2n) is 3.98. The summed E-state index contributed by atoms with van der Waals surface area (Å²) in [6.45, 7) is 0.326. The van der Waals surface area contributed by atoms with Gasteiger partial charge in [-0.3, -0.25) is 4.40 Å². The number of rotatable bonds is 3. The molecule has 2 aromatic heterocycles. The van der Waals surface area contributed by atoms with Gasteiger partial charge in [-0.05, 0) is 18.2 Å². The summed E-state index contributed by atoms with van der Waals surface area (Å²) in [6.07, 6.45) is 3.86. The molecule has 94 valence electrons. The lowest BCUT2D eigenvalue weighted by atomic mass is 10.2. The second-order valence-corrected chi connectivity index (χ2v) is 4.85. The van der Waals surface area contributed by atoms with Gasteiger partial charge in [0, 0.05) is 23.5 Å². The number of ether oxygens (including phenoxy) is 1. The number of nitrogens with zero attached hydrogens (tertiary/aromatic N) is 3. The lowest BCUT2D eigenvalue weighted by molar-refractivity contribution is 0.301. The van der Waals surface area contributed by atoms with Crippen molar-refractivity contribution in [1.29, 1.82) is 5.26 Å². The molecule has 0 aliphatic carbocycles. The van der Waals surface area contributed by atoms with Gasteiger partial charge in [0.25, 0.3) is 0 Å². The molecule has 19 heavy (non-hydrogen) atoms. The minimum absolute atomic E-state index is 0.326. The van der Waals surface area contributed by atoms with Crippen LogP contribution in [0.2, 0.25) is 0 Å². The zero-order valence-corrected chi connectivity index (χ0v) is 10.7. The normalized spacial score (nSPS) is 10.5. The van der Waals surface area contributed by atoms with E-state index < -0.39 is 0 Å². The van der Waals surface area contributed by atoms with Crippen LogP contribution in [-0.2, 0) is 6.61 Å². The maximum Gasteiger partial charge on any atom is 0.193 e. The van der Waals surface area contributed by atoms with E-state index in [2.05, 4.69) is 11.1 Å². The van der Waals surface area contributed by atoms with Crippen LogP contribution in [0.4, 0.5) is 5.69 Å². The minimum atomic E-state index is 0.326. The summed E-state index contributed by atoms with van der Waals surface area (Å²) in [5.74, 6) is 0.521. The van der Waals surface area contributed by atoms with E-state index in [-0.39, 0.29) is 0 Å². The van der Waals surface area contributed by atoms with Crippen LogP contribution in [0.15, 0.2) is 36.0 Å². The van der Waals surface area contributed by atoms with Gasteiger partial charge in [-0.1, -0.05) is 0 Å². The molecule has 5 nitrogen and oxygen atoms in total. The Labute approximate surface area is 113 Å². The van der Waals surface area contributed by atoms with Gasteiger partial charge in [0.15, 0.2) is 4.96 Å². The molecule has 0 saturated heterocycles. The molecule has 0 unspecified atom stereocenters. The third-order valence-electron chi connectivity index (χ3n) is 2.64. The van der Waals surface area contributed by atoms with Crippen molar-refractivity contribution in [3.63, 3.8) is 0 Å². The minimum Gasteiger partial charge on any atom is -0.486 e. The van der Waals surface area contributed by atoms with Crippen LogP contribution in [0.3, 0.4) is 0 Å². The van der Waals surface area contributed by atoms with E-state index in [1.54, 1.807) is 29.5 Å². The van der Waals surface area contributed by atoms with Gasteiger partial charge in [-0.2, -0.15) is 5.26 Å². The van der Waals surface area contributed by atoms with E-state index in [4.69, 9.17) is 15.7 Å². The van der Waals surface area contributed by atoms with Gasteiger partial charge >= 0.3 is 0 Å². The Hall–Kier alpha value is -2.52. The van der Waals surface area contributed by atoms with Crippen LogP contribution < -0.4 is 10.5 Å². The van der Waals surface area contributed by atoms with Crippen molar-refractivity contribution >= 4 is 22.0 Å². The monoisotopic (exact) mass is 270 g/mol. The molecule has 2 heterocycles. The van der Waals surface area contributed by atoms with Gasteiger partial charge in [-0.15, -0.1) is 11.3 Å². The standard InChI is InChI=1S/C13H10N4OS/c14-6-9-5-10(15)1-2-12(9)18-8-11-7-17-3-4-19-13(17)16-11/h1-5,7H,8,15H2. The Morgan fingerprint density at radius 1 is 1.47 bits per heavy atom. The number of nitrogen functional groups attached to an aromatic ring is 1. The molecule has 6 heteroatoms. The summed E-state index contributed by atoms with van der Waals surface area (Å²) in [6, 6.07) is 7.07. The van der Waals surface area contributed by atoms with Crippen molar-refractivity contribution in [3.8, 4) is 11.8 Å². The van der Waals surface area contributed by atoms with E-state index in [1.165, 1.54) is 0 Å². The zero-order chi connectivity index (χ0) is 13.2. The molecule has 0 bridgehead atoms. The summed E-state index contributed by atoms with van der Waals surface area (Å²) in [5.41, 5.74) is 7.43. The molecule has 0 aliphatic rings. The fourth-order valence-electron chi connectivity index (χ4n) is 1.76. The summed E-state index contributed by atoms with van der Waals surface area (Å²) in [5, 5.41) is 11.0. The fourth-order valence-corrected chi connectivity index (χ4v) is 2.48. The lowest BCUT2D eigenvalue weighted by Crippen LogP contribution is -1.98. The van der Waals surface area contributed by atoms with E-state index in [9.17, 15) is 0 Å². The highest BCUT2D eigenvalue weighted by Gasteiger charge is 2.07. The van der Waals surface area contributed by atoms with Gasteiger partial charge < -0.3 is 10.5 Å². The van der Waals surface area contributed by atoms with Crippen molar-refractivity contribution < 1.29 is 4.74 Å². The van der Waals surface area contributed by atoms with Crippen molar-refractivity contribution in [1.82, 2.24) is 9.38 Å². The first-order chi connectivity index (χ1) is 9.26. The van der Waals surface area contributed by atoms with Crippen LogP contribution in [0.5, 0.6) is 5.75 Å². The molecule has 2 N–H and O–H groups in total. The average molecular weight is 270 g/mol. The maximum atomic E-state index is 9.02. The predicted octanol–water partition coefficient (Wildman–Crippen LogP) is 2.43. The van der Waals surface area contributed by atoms with Crippen LogP contribution >= 0.6 is 11.3 Å². The Morgan fingerprint density at radius 3 is 3.16 bits per heavy atom. The summed E-state index contributed by atoms with van der Waals surface area (Å²) in [4.78, 5) is 5.34. The SMILES string of the molecule is N#Cc1cc(N)ccc1OCc1cn2ccsc2n1. The number of nitriles is 1. The van der Waals surface area contributed by atoms with Crippen molar-refractivity contribution in [2.45, 2.75) is 6.61 Å². The molecular weight excluding hydrogens is 260 g/mol. The van der Waals surface area contributed by atoms with E-state index in [1.807, 2.05) is 22.2 Å². The van der Waals surface area contributed by atoms with Gasteiger partial charge in [-0.25, -0.2) is 4.98 Å². The zero-order valence-electron chi connectivity index (χ0n) is 9.91. The molecule has 3 aromatic rings. The molecule has 1 aromatic carbocycles. The summed E-state index contributed by atoms with van der Waals surface area (Å²) in [7, 11) is 0. The Morgan fingerprint density at radius 2 is 2.37 bits per heavy atom. The number of fused-ring (bicyclic) bond motifs is 1. The molecule has 0 amide bonds. The molecule has 0 radical (unpaired) electrons. The third kappa shape index (κ3) is 2.23. The Balaban J connectivity index is 1.79. The maximum absolute atomic E-state index is 9.02.